The molecule has 39 heavy (non-hydrogen) atoms. The summed E-state index contributed by atoms with van der Waals surface area (Å²) < 4.78 is 7.13. The molecule has 1 N–H and O–H groups in total. The van der Waals surface area contributed by atoms with Crippen molar-refractivity contribution in [1.29, 1.82) is 0 Å². The predicted octanol–water partition coefficient (Wildman–Crippen LogP) is 6.84. The van der Waals surface area contributed by atoms with E-state index in [0.29, 0.717) is 27.3 Å². The SMILES string of the molecule is CC(C)(C)c1cc(NC(=O)CN(Cc2ccco2)C(=O)C2CC2c2ccccc2)n(-c2ccc(Cl)c(Cl)c2)n1. The van der Waals surface area contributed by atoms with E-state index in [-0.39, 0.29) is 42.2 Å². The van der Waals surface area contributed by atoms with E-state index in [2.05, 4.69) is 5.32 Å². The molecule has 2 heterocycles. The number of rotatable bonds is 8. The van der Waals surface area contributed by atoms with Crippen molar-refractivity contribution < 1.29 is 14.0 Å². The smallest absolute Gasteiger partial charge is 0.245 e. The number of benzene rings is 2. The van der Waals surface area contributed by atoms with E-state index in [1.54, 1.807) is 46.2 Å². The number of nitrogens with one attached hydrogen (secondary N) is 1. The van der Waals surface area contributed by atoms with E-state index in [1.807, 2.05) is 57.2 Å². The average molecular weight is 566 g/mol. The number of carbonyl (C=O) groups is 2. The summed E-state index contributed by atoms with van der Waals surface area (Å²) in [7, 11) is 0. The Morgan fingerprint density at radius 1 is 1.05 bits per heavy atom. The van der Waals surface area contributed by atoms with Gasteiger partial charge in [-0.2, -0.15) is 5.10 Å². The molecule has 2 atom stereocenters. The third-order valence-corrected chi connectivity index (χ3v) is 7.54. The van der Waals surface area contributed by atoms with Crippen LogP contribution in [0.2, 0.25) is 10.0 Å². The van der Waals surface area contributed by atoms with Crippen molar-refractivity contribution in [1.82, 2.24) is 14.7 Å². The third kappa shape index (κ3) is 6.21. The van der Waals surface area contributed by atoms with Crippen LogP contribution in [-0.4, -0.2) is 33.0 Å². The van der Waals surface area contributed by atoms with Crippen LogP contribution >= 0.6 is 23.2 Å². The lowest BCUT2D eigenvalue weighted by atomic mass is 9.92. The Morgan fingerprint density at radius 3 is 2.49 bits per heavy atom. The summed E-state index contributed by atoms with van der Waals surface area (Å²) in [4.78, 5) is 28.5. The van der Waals surface area contributed by atoms with Gasteiger partial charge >= 0.3 is 0 Å². The number of halogens is 2. The first-order valence-corrected chi connectivity index (χ1v) is 13.6. The van der Waals surface area contributed by atoms with Gasteiger partial charge in [-0.05, 0) is 48.2 Å². The molecule has 1 fully saturated rings. The van der Waals surface area contributed by atoms with Crippen LogP contribution in [0.25, 0.3) is 5.69 Å². The zero-order valence-corrected chi connectivity index (χ0v) is 23.5. The molecule has 2 unspecified atom stereocenters. The number of aromatic nitrogens is 2. The molecule has 4 aromatic rings. The molecule has 1 aliphatic rings. The zero-order chi connectivity index (χ0) is 27.7. The lowest BCUT2D eigenvalue weighted by Crippen LogP contribution is -2.38. The molecule has 1 saturated carbocycles. The standard InChI is InChI=1S/C30H30Cl2N4O3/c1-30(2,3)26-16-27(36(34-26)20-11-12-24(31)25(32)14-20)33-28(37)18-35(17-21-10-7-13-39-21)29(38)23-15-22(23)19-8-5-4-6-9-19/h4-14,16,22-23H,15,17-18H2,1-3H3,(H,33,37). The Morgan fingerprint density at radius 2 is 1.82 bits per heavy atom. The highest BCUT2D eigenvalue weighted by atomic mass is 35.5. The lowest BCUT2D eigenvalue weighted by molar-refractivity contribution is -0.136. The van der Waals surface area contributed by atoms with Gasteiger partial charge in [0.1, 0.15) is 18.1 Å². The molecule has 2 amide bonds. The normalized spacial score (nSPS) is 16.6. The van der Waals surface area contributed by atoms with Gasteiger partial charge in [-0.1, -0.05) is 74.3 Å². The molecule has 7 nitrogen and oxygen atoms in total. The quantitative estimate of drug-likeness (QED) is 0.254. The molecule has 2 aromatic heterocycles. The van der Waals surface area contributed by atoms with Crippen LogP contribution in [0.3, 0.4) is 0 Å². The van der Waals surface area contributed by atoms with Crippen LogP contribution in [0.1, 0.15) is 50.1 Å². The number of furan rings is 1. The van der Waals surface area contributed by atoms with E-state index in [1.165, 1.54) is 0 Å². The summed E-state index contributed by atoms with van der Waals surface area (Å²) in [6.45, 7) is 6.21. The summed E-state index contributed by atoms with van der Waals surface area (Å²) in [6.07, 6.45) is 2.32. The van der Waals surface area contributed by atoms with Gasteiger partial charge in [0.25, 0.3) is 0 Å². The molecule has 0 aliphatic heterocycles. The predicted molar refractivity (Wildman–Crippen MR) is 152 cm³/mol. The molecule has 202 valence electrons. The summed E-state index contributed by atoms with van der Waals surface area (Å²) in [5.74, 6) is 0.680. The van der Waals surface area contributed by atoms with Crippen molar-refractivity contribution in [3.8, 4) is 5.69 Å². The summed E-state index contributed by atoms with van der Waals surface area (Å²) in [6, 6.07) is 20.6. The number of carbonyl (C=O) groups excluding carboxylic acids is 2. The maximum absolute atomic E-state index is 13.6. The van der Waals surface area contributed by atoms with E-state index >= 15 is 0 Å². The highest BCUT2D eigenvalue weighted by Crippen LogP contribution is 2.48. The fraction of sp³-hybridized carbons (Fsp3) is 0.300. The minimum absolute atomic E-state index is 0.0659. The van der Waals surface area contributed by atoms with Crippen molar-refractivity contribution in [2.45, 2.75) is 45.1 Å². The average Bonchev–Trinajstić information content (AvgIpc) is 3.30. The Hall–Kier alpha value is -3.55. The number of hydrogen-bond donors (Lipinski definition) is 1. The van der Waals surface area contributed by atoms with Crippen LogP contribution < -0.4 is 5.32 Å². The fourth-order valence-corrected chi connectivity index (χ4v) is 4.87. The topological polar surface area (TPSA) is 80.4 Å². The molecular weight excluding hydrogens is 535 g/mol. The first-order valence-electron chi connectivity index (χ1n) is 12.8. The maximum Gasteiger partial charge on any atom is 0.245 e. The largest absolute Gasteiger partial charge is 0.467 e. The van der Waals surface area contributed by atoms with Gasteiger partial charge in [0.15, 0.2) is 0 Å². The number of hydrogen-bond acceptors (Lipinski definition) is 4. The molecule has 9 heteroatoms. The lowest BCUT2D eigenvalue weighted by Gasteiger charge is -2.21. The van der Waals surface area contributed by atoms with Crippen LogP contribution in [-0.2, 0) is 21.5 Å². The number of nitrogens with zero attached hydrogens (tertiary/aromatic N) is 3. The minimum Gasteiger partial charge on any atom is -0.467 e. The number of anilines is 1. The van der Waals surface area contributed by atoms with Gasteiger partial charge in [-0.3, -0.25) is 9.59 Å². The van der Waals surface area contributed by atoms with Gasteiger partial charge in [-0.25, -0.2) is 4.68 Å². The summed E-state index contributed by atoms with van der Waals surface area (Å²) in [5, 5.41) is 8.51. The Bertz CT molecular complexity index is 1480. The van der Waals surface area contributed by atoms with Crippen LogP contribution in [0.4, 0.5) is 5.82 Å². The van der Waals surface area contributed by atoms with Crippen LogP contribution in [0.5, 0.6) is 0 Å². The highest BCUT2D eigenvalue weighted by Gasteiger charge is 2.46. The highest BCUT2D eigenvalue weighted by molar-refractivity contribution is 6.42. The van der Waals surface area contributed by atoms with Crippen molar-refractivity contribution in [2.75, 3.05) is 11.9 Å². The first kappa shape index (κ1) is 27.0. The molecule has 0 bridgehead atoms. The molecule has 2 aromatic carbocycles. The van der Waals surface area contributed by atoms with Gasteiger partial charge in [0, 0.05) is 17.4 Å². The molecule has 0 saturated heterocycles. The van der Waals surface area contributed by atoms with E-state index in [4.69, 9.17) is 32.7 Å². The summed E-state index contributed by atoms with van der Waals surface area (Å²) >= 11 is 12.4. The molecule has 0 spiro atoms. The van der Waals surface area contributed by atoms with Crippen LogP contribution in [0.15, 0.2) is 77.4 Å². The monoisotopic (exact) mass is 564 g/mol. The minimum atomic E-state index is -0.339. The van der Waals surface area contributed by atoms with E-state index < -0.39 is 0 Å². The van der Waals surface area contributed by atoms with Gasteiger partial charge in [0.05, 0.1) is 34.2 Å². The van der Waals surface area contributed by atoms with Crippen LogP contribution in [0, 0.1) is 5.92 Å². The first-order chi connectivity index (χ1) is 18.6. The molecular formula is C30H30Cl2N4O3. The fourth-order valence-electron chi connectivity index (χ4n) is 4.58. The second-order valence-electron chi connectivity index (χ2n) is 10.9. The number of amides is 2. The van der Waals surface area contributed by atoms with Gasteiger partial charge in [0.2, 0.25) is 11.8 Å². The van der Waals surface area contributed by atoms with Crippen molar-refractivity contribution in [3.63, 3.8) is 0 Å². The molecule has 5 rings (SSSR count). The Kier molecular flexibility index (Phi) is 7.56. The zero-order valence-electron chi connectivity index (χ0n) is 22.0. The van der Waals surface area contributed by atoms with Crippen molar-refractivity contribution in [2.24, 2.45) is 5.92 Å². The third-order valence-electron chi connectivity index (χ3n) is 6.80. The molecule has 0 radical (unpaired) electrons. The maximum atomic E-state index is 13.6. The second kappa shape index (κ2) is 10.9. The summed E-state index contributed by atoms with van der Waals surface area (Å²) in [5.41, 5.74) is 2.32. The van der Waals surface area contributed by atoms with Gasteiger partial charge in [-0.15, -0.1) is 0 Å². The Labute approximate surface area is 237 Å². The van der Waals surface area contributed by atoms with Gasteiger partial charge < -0.3 is 14.6 Å². The van der Waals surface area contributed by atoms with E-state index in [9.17, 15) is 9.59 Å². The molecule has 1 aliphatic carbocycles. The Balaban J connectivity index is 1.37. The van der Waals surface area contributed by atoms with Crippen molar-refractivity contribution >= 4 is 40.8 Å². The van der Waals surface area contributed by atoms with Crippen molar-refractivity contribution in [3.05, 3.63) is 100 Å². The van der Waals surface area contributed by atoms with E-state index in [0.717, 1.165) is 17.7 Å². The second-order valence-corrected chi connectivity index (χ2v) is 11.7.